The summed E-state index contributed by atoms with van der Waals surface area (Å²) in [4.78, 5) is 23.9. The molecule has 0 spiro atoms. The van der Waals surface area contributed by atoms with Crippen molar-refractivity contribution in [2.75, 3.05) is 31.1 Å². The van der Waals surface area contributed by atoms with E-state index in [0.29, 0.717) is 6.54 Å². The minimum absolute atomic E-state index is 0.0334. The lowest BCUT2D eigenvalue weighted by molar-refractivity contribution is -0.140. The second-order valence-electron chi connectivity index (χ2n) is 3.14. The molecule has 0 unspecified atom stereocenters. The number of amides is 2. The average Bonchev–Trinajstić information content (AvgIpc) is 2.18. The van der Waals surface area contributed by atoms with Crippen LogP contribution >= 0.6 is 11.8 Å². The summed E-state index contributed by atoms with van der Waals surface area (Å²) in [6, 6.07) is 0. The highest BCUT2D eigenvalue weighted by atomic mass is 32.2. The number of nitrogens with zero attached hydrogens (tertiary/aromatic N) is 1. The van der Waals surface area contributed by atoms with E-state index in [-0.39, 0.29) is 24.9 Å². The number of nitrogens with one attached hydrogen (secondary N) is 1. The van der Waals surface area contributed by atoms with Gasteiger partial charge < -0.3 is 10.2 Å². The molecule has 0 radical (unpaired) electrons. The molecular formula is C9H16N2O2S. The van der Waals surface area contributed by atoms with E-state index in [9.17, 15) is 9.59 Å². The smallest absolute Gasteiger partial charge is 0.242 e. The first-order valence-corrected chi connectivity index (χ1v) is 6.01. The Labute approximate surface area is 88.4 Å². The Morgan fingerprint density at radius 1 is 1.50 bits per heavy atom. The molecule has 0 saturated carbocycles. The number of carbonyl (C=O) groups is 2. The normalized spacial score (nSPS) is 17.1. The second-order valence-corrected chi connectivity index (χ2v) is 4.54. The minimum atomic E-state index is -0.0484. The van der Waals surface area contributed by atoms with Crippen LogP contribution in [-0.2, 0) is 9.59 Å². The quantitative estimate of drug-likeness (QED) is 0.663. The summed E-state index contributed by atoms with van der Waals surface area (Å²) in [6.07, 6.45) is 0.970. The fourth-order valence-corrected chi connectivity index (χ4v) is 1.93. The van der Waals surface area contributed by atoms with Crippen LogP contribution in [0, 0.1) is 0 Å². The Morgan fingerprint density at radius 3 is 3.00 bits per heavy atom. The summed E-state index contributed by atoms with van der Waals surface area (Å²) < 4.78 is 0. The largest absolute Gasteiger partial charge is 0.345 e. The molecule has 14 heavy (non-hydrogen) atoms. The zero-order valence-corrected chi connectivity index (χ0v) is 9.23. The zero-order chi connectivity index (χ0) is 10.4. The van der Waals surface area contributed by atoms with Crippen molar-refractivity contribution in [3.8, 4) is 0 Å². The van der Waals surface area contributed by atoms with Gasteiger partial charge in [0.1, 0.15) is 0 Å². The Bertz CT molecular complexity index is 221. The van der Waals surface area contributed by atoms with Crippen molar-refractivity contribution in [1.82, 2.24) is 10.2 Å². The molecule has 0 bridgehead atoms. The predicted molar refractivity (Wildman–Crippen MR) is 57.2 cm³/mol. The highest BCUT2D eigenvalue weighted by Crippen LogP contribution is 2.03. The predicted octanol–water partition coefficient (Wildman–Crippen LogP) is 0.0880. The summed E-state index contributed by atoms with van der Waals surface area (Å²) in [7, 11) is 0. The molecule has 1 aliphatic rings. The summed E-state index contributed by atoms with van der Waals surface area (Å²) in [5.41, 5.74) is 0. The third kappa shape index (κ3) is 3.57. The van der Waals surface area contributed by atoms with Crippen LogP contribution in [0.2, 0.25) is 0 Å². The van der Waals surface area contributed by atoms with Crippen LogP contribution in [0.5, 0.6) is 0 Å². The average molecular weight is 216 g/mol. The zero-order valence-electron chi connectivity index (χ0n) is 8.41. The van der Waals surface area contributed by atoms with Crippen molar-refractivity contribution < 1.29 is 9.59 Å². The van der Waals surface area contributed by atoms with Gasteiger partial charge in [-0.15, -0.1) is 0 Å². The van der Waals surface area contributed by atoms with E-state index >= 15 is 0 Å². The van der Waals surface area contributed by atoms with E-state index in [2.05, 4.69) is 12.2 Å². The number of hydrogen-bond acceptors (Lipinski definition) is 3. The first-order chi connectivity index (χ1) is 6.74. The van der Waals surface area contributed by atoms with Gasteiger partial charge in [0.25, 0.3) is 0 Å². The molecule has 1 fully saturated rings. The van der Waals surface area contributed by atoms with E-state index in [4.69, 9.17) is 0 Å². The third-order valence-corrected chi connectivity index (χ3v) is 3.03. The first-order valence-electron chi connectivity index (χ1n) is 4.86. The van der Waals surface area contributed by atoms with Crippen LogP contribution in [0.15, 0.2) is 0 Å². The molecule has 80 valence electrons. The topological polar surface area (TPSA) is 49.4 Å². The van der Waals surface area contributed by atoms with Gasteiger partial charge in [-0.1, -0.05) is 6.92 Å². The van der Waals surface area contributed by atoms with Gasteiger partial charge in [-0.3, -0.25) is 9.59 Å². The molecule has 1 heterocycles. The van der Waals surface area contributed by atoms with E-state index in [0.717, 1.165) is 17.9 Å². The number of piperazine rings is 1. The van der Waals surface area contributed by atoms with Crippen LogP contribution in [0.25, 0.3) is 0 Å². The summed E-state index contributed by atoms with van der Waals surface area (Å²) in [5, 5.41) is 2.53. The fourth-order valence-electron chi connectivity index (χ4n) is 1.31. The van der Waals surface area contributed by atoms with Gasteiger partial charge in [-0.05, 0) is 17.9 Å². The highest BCUT2D eigenvalue weighted by Gasteiger charge is 2.21. The summed E-state index contributed by atoms with van der Waals surface area (Å²) in [5.74, 6) is 2.15. The highest BCUT2D eigenvalue weighted by molar-refractivity contribution is 7.99. The fraction of sp³-hybridized carbons (Fsp3) is 0.778. The number of thioether (sulfide) groups is 1. The molecule has 0 aromatic rings. The molecule has 0 aromatic heterocycles. The molecule has 0 aliphatic carbocycles. The lowest BCUT2D eigenvalue weighted by Crippen LogP contribution is -2.51. The first kappa shape index (κ1) is 11.4. The van der Waals surface area contributed by atoms with Gasteiger partial charge >= 0.3 is 0 Å². The molecule has 5 heteroatoms. The van der Waals surface area contributed by atoms with Gasteiger partial charge in [0, 0.05) is 6.54 Å². The van der Waals surface area contributed by atoms with E-state index in [1.807, 2.05) is 11.8 Å². The minimum Gasteiger partial charge on any atom is -0.345 e. The van der Waals surface area contributed by atoms with Crippen LogP contribution in [0.3, 0.4) is 0 Å². The SMILES string of the molecule is CCSCCCN1CC(=O)NCC1=O. The Hall–Kier alpha value is -0.710. The molecule has 1 aliphatic heterocycles. The Morgan fingerprint density at radius 2 is 2.29 bits per heavy atom. The monoisotopic (exact) mass is 216 g/mol. The molecule has 1 N–H and O–H groups in total. The Kier molecular flexibility index (Phi) is 4.79. The van der Waals surface area contributed by atoms with Gasteiger partial charge in [0.15, 0.2) is 0 Å². The maximum absolute atomic E-state index is 11.3. The van der Waals surface area contributed by atoms with Crippen LogP contribution in [0.1, 0.15) is 13.3 Å². The molecule has 0 aromatic carbocycles. The maximum atomic E-state index is 11.3. The lowest BCUT2D eigenvalue weighted by Gasteiger charge is -2.26. The second kappa shape index (κ2) is 5.90. The molecular weight excluding hydrogens is 200 g/mol. The summed E-state index contributed by atoms with van der Waals surface area (Å²) >= 11 is 1.86. The molecule has 0 atom stereocenters. The van der Waals surface area contributed by atoms with Gasteiger partial charge in [0.05, 0.1) is 13.1 Å². The van der Waals surface area contributed by atoms with Crippen LogP contribution < -0.4 is 5.32 Å². The van der Waals surface area contributed by atoms with E-state index in [1.54, 1.807) is 4.90 Å². The lowest BCUT2D eigenvalue weighted by atomic mass is 10.3. The van der Waals surface area contributed by atoms with E-state index < -0.39 is 0 Å². The molecule has 1 rings (SSSR count). The van der Waals surface area contributed by atoms with Crippen molar-refractivity contribution >= 4 is 23.6 Å². The molecule has 2 amide bonds. The van der Waals surface area contributed by atoms with Crippen molar-refractivity contribution in [1.29, 1.82) is 0 Å². The standard InChI is InChI=1S/C9H16N2O2S/c1-2-14-5-3-4-11-7-8(12)10-6-9(11)13/h2-7H2,1H3,(H,10,12). The van der Waals surface area contributed by atoms with Crippen molar-refractivity contribution in [2.24, 2.45) is 0 Å². The van der Waals surface area contributed by atoms with Crippen LogP contribution in [0.4, 0.5) is 0 Å². The van der Waals surface area contributed by atoms with Gasteiger partial charge in [-0.25, -0.2) is 0 Å². The third-order valence-electron chi connectivity index (χ3n) is 2.04. The van der Waals surface area contributed by atoms with Crippen molar-refractivity contribution in [2.45, 2.75) is 13.3 Å². The van der Waals surface area contributed by atoms with Crippen molar-refractivity contribution in [3.05, 3.63) is 0 Å². The number of hydrogen-bond donors (Lipinski definition) is 1. The number of rotatable bonds is 5. The Balaban J connectivity index is 2.21. The summed E-state index contributed by atoms with van der Waals surface area (Å²) in [6.45, 7) is 3.22. The van der Waals surface area contributed by atoms with E-state index in [1.165, 1.54) is 0 Å². The van der Waals surface area contributed by atoms with Gasteiger partial charge in [-0.2, -0.15) is 11.8 Å². The molecule has 1 saturated heterocycles. The van der Waals surface area contributed by atoms with Gasteiger partial charge in [0.2, 0.25) is 11.8 Å². The molecule has 4 nitrogen and oxygen atoms in total. The van der Waals surface area contributed by atoms with Crippen LogP contribution in [-0.4, -0.2) is 47.9 Å². The number of carbonyl (C=O) groups excluding carboxylic acids is 2. The van der Waals surface area contributed by atoms with Crippen molar-refractivity contribution in [3.63, 3.8) is 0 Å². The maximum Gasteiger partial charge on any atom is 0.242 e.